The van der Waals surface area contributed by atoms with Crippen LogP contribution in [0.15, 0.2) is 42.6 Å². The van der Waals surface area contributed by atoms with Crippen LogP contribution in [0.3, 0.4) is 0 Å². The van der Waals surface area contributed by atoms with Crippen molar-refractivity contribution in [3.05, 3.63) is 59.2 Å². The van der Waals surface area contributed by atoms with Crippen LogP contribution >= 0.6 is 11.6 Å². The van der Waals surface area contributed by atoms with Gasteiger partial charge in [-0.2, -0.15) is 0 Å². The zero-order valence-electron chi connectivity index (χ0n) is 7.98. The average molecular weight is 219 g/mol. The Morgan fingerprint density at radius 2 is 2.00 bits per heavy atom. The largest absolute Gasteiger partial charge is 0.473 e. The molecular formula is C12H9ClNO. The Bertz CT molecular complexity index is 413. The monoisotopic (exact) mass is 218 g/mol. The lowest BCUT2D eigenvalue weighted by Gasteiger charge is -2.04. The van der Waals surface area contributed by atoms with Crippen molar-refractivity contribution in [1.29, 1.82) is 0 Å². The van der Waals surface area contributed by atoms with Gasteiger partial charge >= 0.3 is 0 Å². The molecule has 1 aromatic carbocycles. The molecule has 2 rings (SSSR count). The highest BCUT2D eigenvalue weighted by Crippen LogP contribution is 2.11. The summed E-state index contributed by atoms with van der Waals surface area (Å²) in [6, 6.07) is 13.9. The molecule has 0 bridgehead atoms. The van der Waals surface area contributed by atoms with E-state index in [-0.39, 0.29) is 0 Å². The first-order valence-electron chi connectivity index (χ1n) is 4.54. The molecule has 2 aromatic rings. The maximum absolute atomic E-state index is 5.77. The summed E-state index contributed by atoms with van der Waals surface area (Å²) >= 11 is 5.77. The first-order chi connectivity index (χ1) is 7.34. The van der Waals surface area contributed by atoms with Crippen molar-refractivity contribution < 1.29 is 4.74 Å². The molecule has 15 heavy (non-hydrogen) atoms. The Labute approximate surface area is 93.5 Å². The van der Waals surface area contributed by atoms with Gasteiger partial charge in [0.15, 0.2) is 0 Å². The van der Waals surface area contributed by atoms with E-state index in [0.29, 0.717) is 12.5 Å². The van der Waals surface area contributed by atoms with Crippen LogP contribution in [0.1, 0.15) is 5.56 Å². The van der Waals surface area contributed by atoms with Gasteiger partial charge in [0, 0.05) is 23.4 Å². The fourth-order valence-corrected chi connectivity index (χ4v) is 1.26. The van der Waals surface area contributed by atoms with Crippen LogP contribution in [0.5, 0.6) is 5.88 Å². The van der Waals surface area contributed by atoms with Crippen LogP contribution in [-0.4, -0.2) is 4.98 Å². The second-order valence-corrected chi connectivity index (χ2v) is 3.45. The van der Waals surface area contributed by atoms with Gasteiger partial charge in [-0.25, -0.2) is 4.98 Å². The second kappa shape index (κ2) is 4.80. The number of aromatic nitrogens is 1. The summed E-state index contributed by atoms with van der Waals surface area (Å²) in [4.78, 5) is 4.01. The second-order valence-electron chi connectivity index (χ2n) is 3.01. The maximum Gasteiger partial charge on any atom is 0.213 e. The molecule has 0 saturated heterocycles. The normalized spacial score (nSPS) is 9.93. The molecule has 0 unspecified atom stereocenters. The van der Waals surface area contributed by atoms with Crippen molar-refractivity contribution in [1.82, 2.24) is 4.98 Å². The molecule has 0 fully saturated rings. The minimum atomic E-state index is 0.494. The van der Waals surface area contributed by atoms with Crippen LogP contribution in [0.25, 0.3) is 0 Å². The summed E-state index contributed by atoms with van der Waals surface area (Å²) in [7, 11) is 0. The minimum Gasteiger partial charge on any atom is -0.473 e. The molecule has 0 aliphatic carbocycles. The molecule has 2 nitrogen and oxygen atoms in total. The molecule has 0 amide bonds. The lowest BCUT2D eigenvalue weighted by molar-refractivity contribution is 0.294. The fraction of sp³-hybridized carbons (Fsp3) is 0.0833. The zero-order chi connectivity index (χ0) is 10.5. The Balaban J connectivity index is 1.96. The molecule has 0 aliphatic heterocycles. The van der Waals surface area contributed by atoms with E-state index in [1.54, 1.807) is 18.3 Å². The Morgan fingerprint density at radius 3 is 2.67 bits per heavy atom. The van der Waals surface area contributed by atoms with E-state index in [2.05, 4.69) is 11.1 Å². The molecule has 75 valence electrons. The summed E-state index contributed by atoms with van der Waals surface area (Å²) in [5, 5.41) is 0.728. The van der Waals surface area contributed by atoms with Crippen molar-refractivity contribution in [2.75, 3.05) is 0 Å². The highest BCUT2D eigenvalue weighted by molar-refractivity contribution is 6.30. The topological polar surface area (TPSA) is 22.1 Å². The average Bonchev–Trinajstić information content (AvgIpc) is 2.30. The van der Waals surface area contributed by atoms with E-state index < -0.39 is 0 Å². The van der Waals surface area contributed by atoms with Crippen molar-refractivity contribution in [3.63, 3.8) is 0 Å². The number of halogens is 1. The molecule has 1 radical (unpaired) electrons. The van der Waals surface area contributed by atoms with Gasteiger partial charge < -0.3 is 4.74 Å². The number of nitrogens with zero attached hydrogens (tertiary/aromatic N) is 1. The van der Waals surface area contributed by atoms with Crippen molar-refractivity contribution in [3.8, 4) is 5.88 Å². The van der Waals surface area contributed by atoms with Gasteiger partial charge in [-0.3, -0.25) is 0 Å². The minimum absolute atomic E-state index is 0.494. The summed E-state index contributed by atoms with van der Waals surface area (Å²) in [5.74, 6) is 0.601. The quantitative estimate of drug-likeness (QED) is 0.790. The van der Waals surface area contributed by atoms with E-state index in [1.165, 1.54) is 0 Å². The van der Waals surface area contributed by atoms with Crippen LogP contribution < -0.4 is 4.74 Å². The zero-order valence-corrected chi connectivity index (χ0v) is 8.74. The first-order valence-corrected chi connectivity index (χ1v) is 4.92. The number of hydrogen-bond acceptors (Lipinski definition) is 2. The van der Waals surface area contributed by atoms with Crippen LogP contribution in [0.2, 0.25) is 5.02 Å². The molecule has 1 heterocycles. The predicted octanol–water partition coefficient (Wildman–Crippen LogP) is 3.11. The molecule has 0 N–H and O–H groups in total. The summed E-state index contributed by atoms with van der Waals surface area (Å²) in [5.41, 5.74) is 1.06. The fourth-order valence-electron chi connectivity index (χ4n) is 1.13. The Morgan fingerprint density at radius 1 is 1.20 bits per heavy atom. The van der Waals surface area contributed by atoms with Crippen molar-refractivity contribution >= 4 is 11.6 Å². The van der Waals surface area contributed by atoms with Crippen LogP contribution in [-0.2, 0) is 6.61 Å². The van der Waals surface area contributed by atoms with Gasteiger partial charge in [0.1, 0.15) is 6.61 Å². The van der Waals surface area contributed by atoms with Crippen molar-refractivity contribution in [2.45, 2.75) is 6.61 Å². The lowest BCUT2D eigenvalue weighted by Crippen LogP contribution is -1.96. The van der Waals surface area contributed by atoms with Gasteiger partial charge in [-0.1, -0.05) is 23.7 Å². The van der Waals surface area contributed by atoms with Crippen molar-refractivity contribution in [2.24, 2.45) is 0 Å². The number of pyridine rings is 1. The molecule has 0 spiro atoms. The van der Waals surface area contributed by atoms with Gasteiger partial charge in [-0.05, 0) is 23.8 Å². The number of hydrogen-bond donors (Lipinski definition) is 0. The van der Waals surface area contributed by atoms with Crippen LogP contribution in [0, 0.1) is 6.07 Å². The third-order valence-electron chi connectivity index (χ3n) is 1.89. The molecule has 0 saturated carbocycles. The molecule has 3 heteroatoms. The Hall–Kier alpha value is -1.54. The van der Waals surface area contributed by atoms with Gasteiger partial charge in [0.05, 0.1) is 0 Å². The van der Waals surface area contributed by atoms with E-state index in [0.717, 1.165) is 10.6 Å². The smallest absolute Gasteiger partial charge is 0.213 e. The predicted molar refractivity (Wildman–Crippen MR) is 58.9 cm³/mol. The van der Waals surface area contributed by atoms with Gasteiger partial charge in [-0.15, -0.1) is 0 Å². The highest BCUT2D eigenvalue weighted by atomic mass is 35.5. The van der Waals surface area contributed by atoms with E-state index in [9.17, 15) is 0 Å². The van der Waals surface area contributed by atoms with E-state index in [1.807, 2.05) is 24.3 Å². The molecule has 0 aliphatic rings. The first kappa shape index (κ1) is 9.99. The lowest BCUT2D eigenvalue weighted by atomic mass is 10.2. The Kier molecular flexibility index (Phi) is 3.20. The number of ether oxygens (including phenoxy) is 1. The third kappa shape index (κ3) is 2.96. The third-order valence-corrected chi connectivity index (χ3v) is 2.14. The highest BCUT2D eigenvalue weighted by Gasteiger charge is 1.95. The summed E-state index contributed by atoms with van der Waals surface area (Å²) < 4.78 is 5.46. The standard InChI is InChI=1S/C12H9ClNO/c13-11-6-4-10(5-7-11)9-15-12-3-1-2-8-14-12/h1,3-8H,9H2. The SMILES string of the molecule is Clc1ccc(COc2cc[c]cn2)cc1. The number of rotatable bonds is 3. The molecular weight excluding hydrogens is 210 g/mol. The molecule has 0 atom stereocenters. The maximum atomic E-state index is 5.77. The number of benzene rings is 1. The van der Waals surface area contributed by atoms with E-state index >= 15 is 0 Å². The van der Waals surface area contributed by atoms with Crippen LogP contribution in [0.4, 0.5) is 0 Å². The van der Waals surface area contributed by atoms with Gasteiger partial charge in [0.2, 0.25) is 5.88 Å². The van der Waals surface area contributed by atoms with E-state index in [4.69, 9.17) is 16.3 Å². The summed E-state index contributed by atoms with van der Waals surface area (Å²) in [6.07, 6.45) is 1.58. The van der Waals surface area contributed by atoms with Gasteiger partial charge in [0.25, 0.3) is 0 Å². The molecule has 1 aromatic heterocycles. The summed E-state index contributed by atoms with van der Waals surface area (Å²) in [6.45, 7) is 0.494.